The summed E-state index contributed by atoms with van der Waals surface area (Å²) in [7, 11) is 1.33. The average Bonchev–Trinajstić information content (AvgIpc) is 2.46. The van der Waals surface area contributed by atoms with Crippen molar-refractivity contribution >= 4 is 11.8 Å². The second-order valence-electron chi connectivity index (χ2n) is 4.69. The lowest BCUT2D eigenvalue weighted by Crippen LogP contribution is -2.53. The van der Waals surface area contributed by atoms with Crippen LogP contribution < -0.4 is 11.2 Å². The summed E-state index contributed by atoms with van der Waals surface area (Å²) in [6.45, 7) is 3.32. The fourth-order valence-corrected chi connectivity index (χ4v) is 2.16. The molecule has 1 fully saturated rings. The normalized spacial score (nSPS) is 16.9. The first kappa shape index (κ1) is 14.5. The van der Waals surface area contributed by atoms with Crippen molar-refractivity contribution in [1.29, 1.82) is 0 Å². The Morgan fingerprint density at radius 1 is 1.40 bits per heavy atom. The number of anilines is 1. The van der Waals surface area contributed by atoms with Gasteiger partial charge in [0.25, 0.3) is 0 Å². The van der Waals surface area contributed by atoms with Gasteiger partial charge in [0.2, 0.25) is 0 Å². The largest absolute Gasteiger partial charge is 0.452 e. The first-order valence-electron chi connectivity index (χ1n) is 6.45. The molecule has 20 heavy (non-hydrogen) atoms. The number of nitrogen functional groups attached to an aromatic ring is 1. The Balaban J connectivity index is 1.85. The highest BCUT2D eigenvalue weighted by Gasteiger charge is 2.19. The van der Waals surface area contributed by atoms with Gasteiger partial charge in [0.1, 0.15) is 0 Å². The van der Waals surface area contributed by atoms with Crippen LogP contribution in [0, 0.1) is 5.82 Å². The molecule has 2 rings (SSSR count). The van der Waals surface area contributed by atoms with Crippen molar-refractivity contribution in [1.82, 2.24) is 15.3 Å². The van der Waals surface area contributed by atoms with E-state index in [-0.39, 0.29) is 11.5 Å². The summed E-state index contributed by atoms with van der Waals surface area (Å²) in [6, 6.07) is 5.05. The third kappa shape index (κ3) is 3.58. The predicted octanol–water partition coefficient (Wildman–Crippen LogP) is 0.796. The van der Waals surface area contributed by atoms with E-state index >= 15 is 0 Å². The molecule has 1 saturated heterocycles. The van der Waals surface area contributed by atoms with E-state index in [4.69, 9.17) is 5.73 Å². The van der Waals surface area contributed by atoms with E-state index in [9.17, 15) is 9.18 Å². The Morgan fingerprint density at radius 3 is 2.75 bits per heavy atom. The summed E-state index contributed by atoms with van der Waals surface area (Å²) >= 11 is 0. The minimum atomic E-state index is -0.472. The van der Waals surface area contributed by atoms with Crippen LogP contribution in [0.5, 0.6) is 0 Å². The molecular formula is C13H19FN4O2. The molecular weight excluding hydrogens is 263 g/mol. The van der Waals surface area contributed by atoms with Gasteiger partial charge in [-0.2, -0.15) is 0 Å². The van der Waals surface area contributed by atoms with Gasteiger partial charge >= 0.3 is 6.09 Å². The van der Waals surface area contributed by atoms with E-state index in [0.29, 0.717) is 25.2 Å². The number of nitrogens with one attached hydrogen (secondary N) is 1. The number of hydrazine groups is 1. The lowest BCUT2D eigenvalue weighted by atomic mass is 10.1. The third-order valence-corrected chi connectivity index (χ3v) is 3.31. The van der Waals surface area contributed by atoms with Crippen LogP contribution in [-0.4, -0.2) is 49.3 Å². The fraction of sp³-hybridized carbons (Fsp3) is 0.462. The standard InChI is InChI=1S/C13H19FN4O2/c1-20-13(19)16-18-7-5-17(6-8-18)9-10-3-2-4-11(15)12(10)14/h2-4H,5-9,15H2,1H3,(H,16,19). The smallest absolute Gasteiger partial charge is 0.421 e. The van der Waals surface area contributed by atoms with Crippen molar-refractivity contribution in [3.63, 3.8) is 0 Å². The van der Waals surface area contributed by atoms with Gasteiger partial charge in [0, 0.05) is 38.3 Å². The third-order valence-electron chi connectivity index (χ3n) is 3.31. The first-order valence-corrected chi connectivity index (χ1v) is 6.45. The van der Waals surface area contributed by atoms with E-state index in [1.165, 1.54) is 7.11 Å². The topological polar surface area (TPSA) is 70.8 Å². The zero-order valence-corrected chi connectivity index (χ0v) is 11.4. The fourth-order valence-electron chi connectivity index (χ4n) is 2.16. The molecule has 0 radical (unpaired) electrons. The predicted molar refractivity (Wildman–Crippen MR) is 73.2 cm³/mol. The van der Waals surface area contributed by atoms with E-state index < -0.39 is 6.09 Å². The van der Waals surface area contributed by atoms with Gasteiger partial charge in [0.05, 0.1) is 12.8 Å². The molecule has 0 aliphatic carbocycles. The zero-order chi connectivity index (χ0) is 14.5. The number of amides is 1. The minimum Gasteiger partial charge on any atom is -0.452 e. The second-order valence-corrected chi connectivity index (χ2v) is 4.69. The Hall–Kier alpha value is -1.86. The van der Waals surface area contributed by atoms with Gasteiger partial charge in [-0.15, -0.1) is 0 Å². The number of nitrogens with zero attached hydrogens (tertiary/aromatic N) is 2. The van der Waals surface area contributed by atoms with Crippen molar-refractivity contribution < 1.29 is 13.9 Å². The first-order chi connectivity index (χ1) is 9.60. The van der Waals surface area contributed by atoms with E-state index in [2.05, 4.69) is 15.1 Å². The summed E-state index contributed by atoms with van der Waals surface area (Å²) in [5.41, 5.74) is 8.95. The molecule has 1 aromatic rings. The molecule has 0 spiro atoms. The number of hydrogen-bond donors (Lipinski definition) is 2. The average molecular weight is 282 g/mol. The number of halogens is 1. The Kier molecular flexibility index (Phi) is 4.75. The van der Waals surface area contributed by atoms with Gasteiger partial charge in [-0.25, -0.2) is 14.2 Å². The van der Waals surface area contributed by atoms with Gasteiger partial charge in [0.15, 0.2) is 5.82 Å². The maximum Gasteiger partial charge on any atom is 0.421 e. The number of ether oxygens (including phenoxy) is 1. The van der Waals surface area contributed by atoms with Crippen LogP contribution in [-0.2, 0) is 11.3 Å². The van der Waals surface area contributed by atoms with Crippen LogP contribution >= 0.6 is 0 Å². The van der Waals surface area contributed by atoms with Crippen molar-refractivity contribution in [2.45, 2.75) is 6.54 Å². The number of hydrogen-bond acceptors (Lipinski definition) is 5. The molecule has 1 amide bonds. The molecule has 0 atom stereocenters. The van der Waals surface area contributed by atoms with Gasteiger partial charge in [-0.3, -0.25) is 10.3 Å². The highest BCUT2D eigenvalue weighted by Crippen LogP contribution is 2.17. The number of carbonyl (C=O) groups is 1. The van der Waals surface area contributed by atoms with Gasteiger partial charge < -0.3 is 10.5 Å². The van der Waals surface area contributed by atoms with Crippen LogP contribution in [0.15, 0.2) is 18.2 Å². The van der Waals surface area contributed by atoms with Gasteiger partial charge in [-0.1, -0.05) is 12.1 Å². The van der Waals surface area contributed by atoms with Crippen LogP contribution in [0.3, 0.4) is 0 Å². The molecule has 0 unspecified atom stereocenters. The molecule has 6 nitrogen and oxygen atoms in total. The Bertz CT molecular complexity index is 475. The summed E-state index contributed by atoms with van der Waals surface area (Å²) in [4.78, 5) is 13.2. The van der Waals surface area contributed by atoms with Crippen LogP contribution in [0.4, 0.5) is 14.9 Å². The molecule has 0 aromatic heterocycles. The lowest BCUT2D eigenvalue weighted by molar-refractivity contribution is 0.0737. The summed E-state index contributed by atoms with van der Waals surface area (Å²) < 4.78 is 18.4. The molecule has 1 aliphatic rings. The van der Waals surface area contributed by atoms with E-state index in [1.807, 2.05) is 0 Å². The highest BCUT2D eigenvalue weighted by molar-refractivity contribution is 5.66. The number of rotatable bonds is 3. The molecule has 1 aliphatic heterocycles. The second kappa shape index (κ2) is 6.53. The van der Waals surface area contributed by atoms with Crippen molar-refractivity contribution in [2.75, 3.05) is 39.0 Å². The van der Waals surface area contributed by atoms with Crippen molar-refractivity contribution in [2.24, 2.45) is 0 Å². The van der Waals surface area contributed by atoms with E-state index in [1.54, 1.807) is 23.2 Å². The number of nitrogens with two attached hydrogens (primary N) is 1. The van der Waals surface area contributed by atoms with Crippen LogP contribution in [0.25, 0.3) is 0 Å². The Labute approximate surface area is 117 Å². The lowest BCUT2D eigenvalue weighted by Gasteiger charge is -2.34. The molecule has 0 saturated carbocycles. The zero-order valence-electron chi connectivity index (χ0n) is 11.4. The highest BCUT2D eigenvalue weighted by atomic mass is 19.1. The van der Waals surface area contributed by atoms with Crippen LogP contribution in [0.1, 0.15) is 5.56 Å². The molecule has 1 heterocycles. The number of benzene rings is 1. The van der Waals surface area contributed by atoms with Crippen LogP contribution in [0.2, 0.25) is 0 Å². The van der Waals surface area contributed by atoms with E-state index in [0.717, 1.165) is 13.1 Å². The number of carbonyl (C=O) groups excluding carboxylic acids is 1. The quantitative estimate of drug-likeness (QED) is 0.802. The number of piperazine rings is 1. The summed E-state index contributed by atoms with van der Waals surface area (Å²) in [5, 5.41) is 1.79. The van der Waals surface area contributed by atoms with Crippen molar-refractivity contribution in [3.05, 3.63) is 29.6 Å². The maximum absolute atomic E-state index is 13.8. The molecule has 1 aromatic carbocycles. The van der Waals surface area contributed by atoms with Gasteiger partial charge in [-0.05, 0) is 6.07 Å². The monoisotopic (exact) mass is 282 g/mol. The number of methoxy groups -OCH3 is 1. The molecule has 7 heteroatoms. The maximum atomic E-state index is 13.8. The molecule has 3 N–H and O–H groups in total. The summed E-state index contributed by atoms with van der Waals surface area (Å²) in [6.07, 6.45) is -0.472. The minimum absolute atomic E-state index is 0.175. The summed E-state index contributed by atoms with van der Waals surface area (Å²) in [5.74, 6) is -0.345. The SMILES string of the molecule is COC(=O)NN1CCN(Cc2cccc(N)c2F)CC1. The molecule has 110 valence electrons. The Morgan fingerprint density at radius 2 is 2.10 bits per heavy atom. The molecule has 0 bridgehead atoms. The van der Waals surface area contributed by atoms with Crippen molar-refractivity contribution in [3.8, 4) is 0 Å².